The van der Waals surface area contributed by atoms with Crippen molar-refractivity contribution in [1.29, 1.82) is 0 Å². The molecule has 0 aromatic heterocycles. The van der Waals surface area contributed by atoms with Crippen LogP contribution in [0.4, 0.5) is 0 Å². The Labute approximate surface area is 578 Å². The molecule has 0 spiro atoms. The first-order chi connectivity index (χ1) is 47.2. The molecular formula is C96H108. The molecular weight excluding hydrogens is 1150 g/mol. The maximum absolute atomic E-state index is 2.72. The van der Waals surface area contributed by atoms with E-state index in [2.05, 4.69) is 248 Å². The van der Waals surface area contributed by atoms with Crippen molar-refractivity contribution in [2.45, 2.75) is 232 Å². The second-order valence-electron chi connectivity index (χ2n) is 29.7. The van der Waals surface area contributed by atoms with E-state index in [1.54, 1.807) is 22.3 Å². The molecule has 0 aliphatic heterocycles. The van der Waals surface area contributed by atoms with Crippen molar-refractivity contribution in [2.24, 2.45) is 0 Å². The molecule has 11 aromatic rings. The molecule has 11 aromatic carbocycles. The number of fused-ring (bicyclic) bond motifs is 12. The van der Waals surface area contributed by atoms with Gasteiger partial charge in [-0.15, -0.1) is 0 Å². The predicted molar refractivity (Wildman–Crippen MR) is 420 cm³/mol. The molecule has 0 fully saturated rings. The average molecular weight is 1260 g/mol. The summed E-state index contributed by atoms with van der Waals surface area (Å²) in [5, 5.41) is 7.91. The van der Waals surface area contributed by atoms with Gasteiger partial charge in [0.25, 0.3) is 0 Å². The van der Waals surface area contributed by atoms with Crippen LogP contribution in [-0.2, 0) is 10.8 Å². The molecule has 492 valence electrons. The lowest BCUT2D eigenvalue weighted by Gasteiger charge is -2.33. The van der Waals surface area contributed by atoms with E-state index in [1.165, 1.54) is 301 Å². The highest BCUT2D eigenvalue weighted by Gasteiger charge is 2.44. The summed E-state index contributed by atoms with van der Waals surface area (Å²) >= 11 is 0. The minimum absolute atomic E-state index is 0.0140. The Kier molecular flexibility index (Phi) is 21.7. The third-order valence-electron chi connectivity index (χ3n) is 23.0. The number of rotatable bonds is 33. The summed E-state index contributed by atoms with van der Waals surface area (Å²) in [6.45, 7) is 13.9. The zero-order chi connectivity index (χ0) is 65.9. The Bertz CT molecular complexity index is 4360. The smallest absolute Gasteiger partial charge is 0.0215 e. The van der Waals surface area contributed by atoms with Gasteiger partial charge in [0, 0.05) is 10.8 Å². The number of hydrogen-bond acceptors (Lipinski definition) is 0. The second kappa shape index (κ2) is 31.2. The van der Waals surface area contributed by atoms with E-state index in [0.29, 0.717) is 0 Å². The quantitative estimate of drug-likeness (QED) is 0.0284. The van der Waals surface area contributed by atoms with E-state index in [1.807, 2.05) is 0 Å². The van der Waals surface area contributed by atoms with Gasteiger partial charge < -0.3 is 0 Å². The zero-order valence-electron chi connectivity index (χ0n) is 59.4. The Morgan fingerprint density at radius 1 is 0.198 bits per heavy atom. The first kappa shape index (κ1) is 66.8. The zero-order valence-corrected chi connectivity index (χ0v) is 59.4. The molecule has 13 rings (SSSR count). The molecule has 0 N–H and O–H groups in total. The average Bonchev–Trinajstić information content (AvgIpc) is 1.47. The van der Waals surface area contributed by atoms with Gasteiger partial charge in [0.1, 0.15) is 0 Å². The Balaban J connectivity index is 0.972. The third-order valence-corrected chi connectivity index (χ3v) is 23.0. The van der Waals surface area contributed by atoms with Crippen LogP contribution in [0.2, 0.25) is 0 Å². The highest BCUT2D eigenvalue weighted by molar-refractivity contribution is 6.25. The number of benzene rings is 11. The van der Waals surface area contributed by atoms with Crippen molar-refractivity contribution >= 4 is 32.3 Å². The van der Waals surface area contributed by atoms with Gasteiger partial charge in [0.15, 0.2) is 0 Å². The van der Waals surface area contributed by atoms with Gasteiger partial charge in [-0.25, -0.2) is 0 Å². The molecule has 2 aliphatic carbocycles. The van der Waals surface area contributed by atoms with Crippen LogP contribution < -0.4 is 0 Å². The van der Waals surface area contributed by atoms with Crippen molar-refractivity contribution in [2.75, 3.05) is 0 Å². The largest absolute Gasteiger partial charge is 0.0654 e. The number of unbranched alkanes of at least 4 members (excludes halogenated alkanes) is 20. The maximum Gasteiger partial charge on any atom is 0.0215 e. The summed E-state index contributed by atoms with van der Waals surface area (Å²) in [5.74, 6) is 0. The van der Waals surface area contributed by atoms with Crippen LogP contribution in [0.3, 0.4) is 0 Å². The van der Waals surface area contributed by atoms with E-state index in [-0.39, 0.29) is 10.8 Å². The SMILES string of the molecule is CCCCCCCCC1(CCCCCCCC)c2cc(C)ccc2-c2ccc(-c3cc(-c4ccc5c(c4)C(CCCCCCCC)(CCCCCCCC)c4cc(-c6ccc(-c7ccc(C)cc7)cc6)ccc4-5)cc(-c4ccc5c6ccccc6c6ccccc6c5c4)c3)cc21. The highest BCUT2D eigenvalue weighted by atomic mass is 14.5. The number of aryl methyl sites for hydroxylation is 2. The third kappa shape index (κ3) is 14.0. The normalized spacial score (nSPS) is 13.4. The summed E-state index contributed by atoms with van der Waals surface area (Å²) in [6.07, 6.45) is 36.1. The Morgan fingerprint density at radius 2 is 0.458 bits per heavy atom. The van der Waals surface area contributed by atoms with Gasteiger partial charge in [-0.05, 0) is 214 Å². The van der Waals surface area contributed by atoms with Crippen LogP contribution >= 0.6 is 0 Å². The first-order valence-corrected chi connectivity index (χ1v) is 38.5. The van der Waals surface area contributed by atoms with Crippen molar-refractivity contribution in [1.82, 2.24) is 0 Å². The van der Waals surface area contributed by atoms with Crippen LogP contribution in [0.25, 0.3) is 110 Å². The van der Waals surface area contributed by atoms with Gasteiger partial charge in [-0.1, -0.05) is 357 Å². The molecule has 0 amide bonds. The van der Waals surface area contributed by atoms with Crippen LogP contribution in [0, 0.1) is 13.8 Å². The lowest BCUT2D eigenvalue weighted by atomic mass is 9.69. The fourth-order valence-corrected chi connectivity index (χ4v) is 17.6. The van der Waals surface area contributed by atoms with E-state index in [0.717, 1.165) is 0 Å². The van der Waals surface area contributed by atoms with Gasteiger partial charge >= 0.3 is 0 Å². The van der Waals surface area contributed by atoms with Crippen molar-refractivity contribution in [3.8, 4) is 77.9 Å². The van der Waals surface area contributed by atoms with E-state index >= 15 is 0 Å². The summed E-state index contributed by atoms with van der Waals surface area (Å²) in [6, 6.07) is 82.2. The molecule has 0 saturated carbocycles. The van der Waals surface area contributed by atoms with Gasteiger partial charge in [-0.3, -0.25) is 0 Å². The molecule has 0 nitrogen and oxygen atoms in total. The standard InChI is InChI=1S/C96H108/c1-7-11-15-19-23-31-57-95(58-32-24-20-16-12-8-2)91-61-70(6)41-52-86(91)87-55-50-76(67-93(87)95)79-62-78(74-48-53-85-83-37-28-27-35-81(83)82-36-29-30-38-84(82)90(85)65-74)63-80(64-79)77-51-56-89-88-54-49-75(73-46-44-72(45-47-73)71-42-39-69(5)40-43-71)66-92(88)96(94(89)68-77,59-33-25-21-17-13-9-3)60-34-26-22-18-14-10-4/h27-30,35-56,61-68H,7-26,31-34,57-60H2,1-6H3. The monoisotopic (exact) mass is 1260 g/mol. The summed E-state index contributed by atoms with van der Waals surface area (Å²) in [5.41, 5.74) is 27.7. The minimum Gasteiger partial charge on any atom is -0.0654 e. The van der Waals surface area contributed by atoms with Crippen LogP contribution in [-0.4, -0.2) is 0 Å². The van der Waals surface area contributed by atoms with Crippen molar-refractivity contribution in [3.05, 3.63) is 240 Å². The molecule has 0 bridgehead atoms. The molecule has 0 heteroatoms. The molecule has 0 heterocycles. The summed E-state index contributed by atoms with van der Waals surface area (Å²) in [7, 11) is 0. The fraction of sp³-hybridized carbons (Fsp3) is 0.375. The lowest BCUT2D eigenvalue weighted by Crippen LogP contribution is -2.25. The topological polar surface area (TPSA) is 0 Å². The first-order valence-electron chi connectivity index (χ1n) is 38.5. The van der Waals surface area contributed by atoms with Crippen molar-refractivity contribution in [3.63, 3.8) is 0 Å². The Hall–Kier alpha value is -7.80. The lowest BCUT2D eigenvalue weighted by molar-refractivity contribution is 0.398. The fourth-order valence-electron chi connectivity index (χ4n) is 17.6. The summed E-state index contributed by atoms with van der Waals surface area (Å²) < 4.78 is 0. The van der Waals surface area contributed by atoms with Gasteiger partial charge in [0.05, 0.1) is 0 Å². The van der Waals surface area contributed by atoms with Crippen LogP contribution in [0.1, 0.15) is 241 Å². The van der Waals surface area contributed by atoms with E-state index in [4.69, 9.17) is 0 Å². The van der Waals surface area contributed by atoms with E-state index < -0.39 is 0 Å². The van der Waals surface area contributed by atoms with Gasteiger partial charge in [0.2, 0.25) is 0 Å². The molecule has 2 aliphatic rings. The Morgan fingerprint density at radius 3 is 0.844 bits per heavy atom. The molecule has 0 atom stereocenters. The highest BCUT2D eigenvalue weighted by Crippen LogP contribution is 2.58. The van der Waals surface area contributed by atoms with Crippen LogP contribution in [0.15, 0.2) is 206 Å². The predicted octanol–water partition coefficient (Wildman–Crippen LogP) is 29.6. The maximum atomic E-state index is 2.72. The van der Waals surface area contributed by atoms with Gasteiger partial charge in [-0.2, -0.15) is 0 Å². The minimum atomic E-state index is -0.0979. The molecule has 0 saturated heterocycles. The van der Waals surface area contributed by atoms with E-state index in [9.17, 15) is 0 Å². The molecule has 96 heavy (non-hydrogen) atoms. The molecule has 0 radical (unpaired) electrons. The number of hydrogen-bond donors (Lipinski definition) is 0. The van der Waals surface area contributed by atoms with Crippen molar-refractivity contribution < 1.29 is 0 Å². The molecule has 0 unspecified atom stereocenters. The second-order valence-corrected chi connectivity index (χ2v) is 29.7. The summed E-state index contributed by atoms with van der Waals surface area (Å²) in [4.78, 5) is 0. The van der Waals surface area contributed by atoms with Crippen LogP contribution in [0.5, 0.6) is 0 Å².